The Kier molecular flexibility index (Phi) is 4.96. The minimum absolute atomic E-state index is 0.574. The van der Waals surface area contributed by atoms with Gasteiger partial charge in [-0.2, -0.15) is 0 Å². The summed E-state index contributed by atoms with van der Waals surface area (Å²) in [5, 5.41) is 0.574. The highest BCUT2D eigenvalue weighted by molar-refractivity contribution is 6.29. The van der Waals surface area contributed by atoms with Crippen LogP contribution in [0.25, 0.3) is 0 Å². The molecule has 1 atom stereocenters. The largest absolute Gasteiger partial charge is 0.355 e. The Bertz CT molecular complexity index is 473. The molecule has 0 radical (unpaired) electrons. The van der Waals surface area contributed by atoms with Gasteiger partial charge in [-0.25, -0.2) is 9.97 Å². The Hall–Kier alpha value is -0.870. The first-order chi connectivity index (χ1) is 10.3. The predicted octanol–water partition coefficient (Wildman–Crippen LogP) is 3.15. The number of anilines is 1. The summed E-state index contributed by atoms with van der Waals surface area (Å²) in [5.74, 6) is 1.89. The van der Waals surface area contributed by atoms with Gasteiger partial charge in [0, 0.05) is 31.6 Å². The molecule has 2 saturated heterocycles. The molecule has 0 bridgehead atoms. The van der Waals surface area contributed by atoms with Gasteiger partial charge in [0.15, 0.2) is 0 Å². The number of rotatable bonds is 4. The van der Waals surface area contributed by atoms with Gasteiger partial charge >= 0.3 is 0 Å². The fourth-order valence-corrected chi connectivity index (χ4v) is 3.68. The van der Waals surface area contributed by atoms with Gasteiger partial charge in [-0.1, -0.05) is 24.9 Å². The van der Waals surface area contributed by atoms with E-state index in [9.17, 15) is 0 Å². The van der Waals surface area contributed by atoms with Crippen LogP contribution in [-0.2, 0) is 6.42 Å². The maximum absolute atomic E-state index is 6.16. The third-order valence-electron chi connectivity index (χ3n) is 4.60. The Labute approximate surface area is 132 Å². The molecule has 5 heteroatoms. The zero-order valence-electron chi connectivity index (χ0n) is 12.9. The monoisotopic (exact) mass is 308 g/mol. The van der Waals surface area contributed by atoms with Crippen molar-refractivity contribution in [1.29, 1.82) is 0 Å². The fraction of sp³-hybridized carbons (Fsp3) is 0.750. The van der Waals surface area contributed by atoms with Gasteiger partial charge in [-0.15, -0.1) is 0 Å². The topological polar surface area (TPSA) is 32.3 Å². The molecule has 0 N–H and O–H groups in total. The Morgan fingerprint density at radius 3 is 2.76 bits per heavy atom. The Morgan fingerprint density at radius 1 is 1.19 bits per heavy atom. The van der Waals surface area contributed by atoms with Crippen molar-refractivity contribution in [2.45, 2.75) is 51.5 Å². The van der Waals surface area contributed by atoms with Gasteiger partial charge in [-0.3, -0.25) is 4.90 Å². The number of likely N-dealkylation sites (tertiary alicyclic amines) is 1. The number of nitrogens with zero attached hydrogens (tertiary/aromatic N) is 4. The molecule has 0 amide bonds. The average molecular weight is 309 g/mol. The summed E-state index contributed by atoms with van der Waals surface area (Å²) < 4.78 is 0. The van der Waals surface area contributed by atoms with Crippen LogP contribution in [0.2, 0.25) is 5.15 Å². The zero-order chi connectivity index (χ0) is 14.7. The van der Waals surface area contributed by atoms with Crippen LogP contribution in [0.5, 0.6) is 0 Å². The molecule has 1 aromatic heterocycles. The molecule has 3 heterocycles. The summed E-state index contributed by atoms with van der Waals surface area (Å²) in [6.07, 6.45) is 7.31. The molecule has 2 fully saturated rings. The van der Waals surface area contributed by atoms with E-state index in [1.807, 2.05) is 6.07 Å². The van der Waals surface area contributed by atoms with Crippen molar-refractivity contribution in [2.24, 2.45) is 0 Å². The second-order valence-electron chi connectivity index (χ2n) is 6.20. The quantitative estimate of drug-likeness (QED) is 0.800. The van der Waals surface area contributed by atoms with Gasteiger partial charge in [-0.05, 0) is 38.8 Å². The molecule has 0 aromatic carbocycles. The van der Waals surface area contributed by atoms with E-state index in [2.05, 4.69) is 21.7 Å². The molecule has 0 spiro atoms. The van der Waals surface area contributed by atoms with Crippen molar-refractivity contribution < 1.29 is 0 Å². The number of hydrogen-bond acceptors (Lipinski definition) is 4. The second-order valence-corrected chi connectivity index (χ2v) is 6.59. The van der Waals surface area contributed by atoms with Crippen LogP contribution < -0.4 is 4.90 Å². The molecule has 4 nitrogen and oxygen atoms in total. The van der Waals surface area contributed by atoms with Crippen LogP contribution >= 0.6 is 11.6 Å². The van der Waals surface area contributed by atoms with Gasteiger partial charge < -0.3 is 4.90 Å². The highest BCUT2D eigenvalue weighted by Gasteiger charge is 2.29. The highest BCUT2D eigenvalue weighted by Crippen LogP contribution is 2.25. The third kappa shape index (κ3) is 3.67. The highest BCUT2D eigenvalue weighted by atomic mass is 35.5. The van der Waals surface area contributed by atoms with Gasteiger partial charge in [0.05, 0.1) is 0 Å². The lowest BCUT2D eigenvalue weighted by Gasteiger charge is -2.32. The average Bonchev–Trinajstić information content (AvgIpc) is 2.98. The van der Waals surface area contributed by atoms with E-state index in [-0.39, 0.29) is 0 Å². The van der Waals surface area contributed by atoms with Crippen molar-refractivity contribution in [3.05, 3.63) is 17.0 Å². The molecule has 0 aliphatic carbocycles. The summed E-state index contributed by atoms with van der Waals surface area (Å²) in [6.45, 7) is 6.85. The minimum Gasteiger partial charge on any atom is -0.355 e. The van der Waals surface area contributed by atoms with E-state index in [1.54, 1.807) is 0 Å². The molecule has 2 aliphatic rings. The van der Waals surface area contributed by atoms with E-state index >= 15 is 0 Å². The normalized spacial score (nSPS) is 23.7. The molecule has 21 heavy (non-hydrogen) atoms. The van der Waals surface area contributed by atoms with Gasteiger partial charge in [0.2, 0.25) is 0 Å². The Balaban J connectivity index is 1.67. The molecule has 3 rings (SSSR count). The first kappa shape index (κ1) is 15.0. The molecule has 0 saturated carbocycles. The van der Waals surface area contributed by atoms with E-state index in [0.29, 0.717) is 11.2 Å². The zero-order valence-corrected chi connectivity index (χ0v) is 13.6. The Morgan fingerprint density at radius 2 is 2.00 bits per heavy atom. The van der Waals surface area contributed by atoms with Crippen LogP contribution in [-0.4, -0.2) is 47.1 Å². The maximum Gasteiger partial charge on any atom is 0.134 e. The lowest BCUT2D eigenvalue weighted by atomic mass is 10.1. The summed E-state index contributed by atoms with van der Waals surface area (Å²) >= 11 is 6.16. The van der Waals surface area contributed by atoms with Crippen LogP contribution in [0.15, 0.2) is 6.07 Å². The molecule has 1 unspecified atom stereocenters. The molecule has 116 valence electrons. The number of aromatic nitrogens is 2. The minimum atomic E-state index is 0.574. The maximum atomic E-state index is 6.16. The fourth-order valence-electron chi connectivity index (χ4n) is 3.48. The van der Waals surface area contributed by atoms with Crippen molar-refractivity contribution >= 4 is 17.4 Å². The first-order valence-electron chi connectivity index (χ1n) is 8.28. The van der Waals surface area contributed by atoms with Gasteiger partial charge in [0.1, 0.15) is 16.8 Å². The van der Waals surface area contributed by atoms with Crippen LogP contribution in [0.4, 0.5) is 5.82 Å². The van der Waals surface area contributed by atoms with Crippen molar-refractivity contribution in [1.82, 2.24) is 14.9 Å². The molecular weight excluding hydrogens is 284 g/mol. The van der Waals surface area contributed by atoms with Crippen LogP contribution in [0.1, 0.15) is 44.9 Å². The number of hydrogen-bond donors (Lipinski definition) is 0. The van der Waals surface area contributed by atoms with Crippen LogP contribution in [0, 0.1) is 0 Å². The summed E-state index contributed by atoms with van der Waals surface area (Å²) in [7, 11) is 0. The molecule has 1 aromatic rings. The second kappa shape index (κ2) is 6.93. The van der Waals surface area contributed by atoms with E-state index in [0.717, 1.165) is 37.6 Å². The van der Waals surface area contributed by atoms with E-state index < -0.39 is 0 Å². The van der Waals surface area contributed by atoms with Crippen LogP contribution in [0.3, 0.4) is 0 Å². The van der Waals surface area contributed by atoms with Crippen molar-refractivity contribution in [3.63, 3.8) is 0 Å². The molecular formula is C16H25ClN4. The predicted molar refractivity (Wildman–Crippen MR) is 87.1 cm³/mol. The van der Waals surface area contributed by atoms with Crippen molar-refractivity contribution in [2.75, 3.05) is 31.1 Å². The standard InChI is InChI=1S/C16H25ClN4/c1-2-6-15-18-14(17)11-16(19-15)21-10-7-13(12-21)20-8-4-3-5-9-20/h11,13H,2-10,12H2,1H3. The summed E-state index contributed by atoms with van der Waals surface area (Å²) in [4.78, 5) is 14.1. The lowest BCUT2D eigenvalue weighted by Crippen LogP contribution is -2.41. The number of aryl methyl sites for hydroxylation is 1. The van der Waals surface area contributed by atoms with Crippen molar-refractivity contribution in [3.8, 4) is 0 Å². The summed E-state index contributed by atoms with van der Waals surface area (Å²) in [6, 6.07) is 2.60. The van der Waals surface area contributed by atoms with E-state index in [1.165, 1.54) is 38.8 Å². The lowest BCUT2D eigenvalue weighted by molar-refractivity contribution is 0.175. The number of halogens is 1. The smallest absolute Gasteiger partial charge is 0.134 e. The van der Waals surface area contributed by atoms with Gasteiger partial charge in [0.25, 0.3) is 0 Å². The molecule has 2 aliphatic heterocycles. The van der Waals surface area contributed by atoms with E-state index in [4.69, 9.17) is 16.6 Å². The summed E-state index contributed by atoms with van der Waals surface area (Å²) in [5.41, 5.74) is 0. The first-order valence-corrected chi connectivity index (χ1v) is 8.66. The number of piperidine rings is 1. The SMILES string of the molecule is CCCc1nc(Cl)cc(N2CCC(N3CCCCC3)C2)n1. The third-order valence-corrected chi connectivity index (χ3v) is 4.79.